The van der Waals surface area contributed by atoms with Crippen LogP contribution in [-0.4, -0.2) is 68.8 Å². The van der Waals surface area contributed by atoms with Crippen molar-refractivity contribution in [3.63, 3.8) is 0 Å². The molecule has 4 heterocycles. The molecule has 0 fully saturated rings. The summed E-state index contributed by atoms with van der Waals surface area (Å²) in [7, 11) is 1.49. The number of nitrogens with one attached hydrogen (secondary N) is 1. The molecule has 0 spiro atoms. The van der Waals surface area contributed by atoms with Crippen LogP contribution < -0.4 is 5.32 Å². The van der Waals surface area contributed by atoms with Crippen molar-refractivity contribution in [2.24, 2.45) is 0 Å². The van der Waals surface area contributed by atoms with Crippen LogP contribution in [0.25, 0.3) is 11.3 Å². The SMILES string of the molecule is CN1C(=O)C2=C(C1=O)N(C(CNC(=O)c1ccccc1O)Cc1ccc(-c3ccccn3)cn1)CCC2. The van der Waals surface area contributed by atoms with E-state index in [0.717, 1.165) is 28.3 Å². The number of aromatic nitrogens is 2. The van der Waals surface area contributed by atoms with Gasteiger partial charge in [0, 0.05) is 55.8 Å². The molecule has 2 aromatic heterocycles. The minimum absolute atomic E-state index is 0.107. The van der Waals surface area contributed by atoms with Gasteiger partial charge < -0.3 is 15.3 Å². The zero-order valence-corrected chi connectivity index (χ0v) is 20.4. The summed E-state index contributed by atoms with van der Waals surface area (Å²) in [6.45, 7) is 0.771. The van der Waals surface area contributed by atoms with Crippen molar-refractivity contribution in [3.8, 4) is 17.0 Å². The minimum Gasteiger partial charge on any atom is -0.507 e. The van der Waals surface area contributed by atoms with E-state index in [0.29, 0.717) is 30.7 Å². The van der Waals surface area contributed by atoms with Crippen LogP contribution in [0.15, 0.2) is 78.3 Å². The molecule has 3 aromatic rings. The molecule has 5 rings (SSSR count). The van der Waals surface area contributed by atoms with E-state index in [1.54, 1.807) is 30.6 Å². The Morgan fingerprint density at radius 3 is 2.59 bits per heavy atom. The molecule has 2 N–H and O–H groups in total. The first-order chi connectivity index (χ1) is 17.9. The van der Waals surface area contributed by atoms with Crippen molar-refractivity contribution in [1.82, 2.24) is 25.1 Å². The highest BCUT2D eigenvalue weighted by Gasteiger charge is 2.42. The third-order valence-electron chi connectivity index (χ3n) is 6.79. The highest BCUT2D eigenvalue weighted by molar-refractivity contribution is 6.19. The lowest BCUT2D eigenvalue weighted by atomic mass is 9.99. The van der Waals surface area contributed by atoms with Crippen molar-refractivity contribution in [2.45, 2.75) is 25.3 Å². The molecule has 3 amide bonds. The molecule has 9 nitrogen and oxygen atoms in total. The van der Waals surface area contributed by atoms with Crippen LogP contribution >= 0.6 is 0 Å². The second-order valence-corrected chi connectivity index (χ2v) is 9.13. The van der Waals surface area contributed by atoms with Crippen molar-refractivity contribution < 1.29 is 19.5 Å². The van der Waals surface area contributed by atoms with Gasteiger partial charge in [0.2, 0.25) is 0 Å². The van der Waals surface area contributed by atoms with Gasteiger partial charge in [-0.3, -0.25) is 29.3 Å². The van der Waals surface area contributed by atoms with Gasteiger partial charge >= 0.3 is 0 Å². The first-order valence-corrected chi connectivity index (χ1v) is 12.2. The van der Waals surface area contributed by atoms with Crippen molar-refractivity contribution >= 4 is 17.7 Å². The highest BCUT2D eigenvalue weighted by atomic mass is 16.3. The number of nitrogens with zero attached hydrogens (tertiary/aromatic N) is 4. The predicted octanol–water partition coefficient (Wildman–Crippen LogP) is 2.54. The second-order valence-electron chi connectivity index (χ2n) is 9.13. The zero-order valence-electron chi connectivity index (χ0n) is 20.4. The summed E-state index contributed by atoms with van der Waals surface area (Å²) in [6.07, 6.45) is 5.20. The Morgan fingerprint density at radius 2 is 1.86 bits per heavy atom. The molecule has 9 heteroatoms. The van der Waals surface area contributed by atoms with Gasteiger partial charge in [0.1, 0.15) is 11.4 Å². The van der Waals surface area contributed by atoms with Crippen LogP contribution in [0.1, 0.15) is 28.9 Å². The van der Waals surface area contributed by atoms with E-state index in [1.165, 1.54) is 13.1 Å². The number of para-hydroxylation sites is 1. The fraction of sp³-hybridized carbons (Fsp3) is 0.250. The maximum absolute atomic E-state index is 13.0. The van der Waals surface area contributed by atoms with Gasteiger partial charge in [-0.2, -0.15) is 0 Å². The quantitative estimate of drug-likeness (QED) is 0.482. The molecule has 1 unspecified atom stereocenters. The lowest BCUT2D eigenvalue weighted by molar-refractivity contribution is -0.136. The van der Waals surface area contributed by atoms with Crippen LogP contribution in [-0.2, 0) is 16.0 Å². The van der Waals surface area contributed by atoms with Crippen molar-refractivity contribution in [1.29, 1.82) is 0 Å². The number of rotatable bonds is 7. The number of aromatic hydroxyl groups is 1. The van der Waals surface area contributed by atoms with Crippen LogP contribution in [0, 0.1) is 0 Å². The number of likely N-dealkylation sites (N-methyl/N-ethyl adjacent to an activating group) is 1. The van der Waals surface area contributed by atoms with Gasteiger partial charge in [-0.05, 0) is 49.2 Å². The average Bonchev–Trinajstić information content (AvgIpc) is 3.16. The van der Waals surface area contributed by atoms with E-state index in [9.17, 15) is 19.5 Å². The molecule has 0 aliphatic carbocycles. The third kappa shape index (κ3) is 4.80. The molecule has 0 saturated heterocycles. The molecule has 2 aliphatic heterocycles. The standard InChI is InChI=1S/C28H27N5O4/c1-32-27(36)22-8-6-14-33(25(22)28(32)37)20(17-31-26(35)21-7-2-3-10-24(21)34)15-19-12-11-18(16-30-19)23-9-4-5-13-29-23/h2-5,7,9-13,16,20,34H,6,8,14-15,17H2,1H3,(H,31,35). The summed E-state index contributed by atoms with van der Waals surface area (Å²) in [6, 6.07) is 15.5. The molecule has 0 saturated carbocycles. The highest BCUT2D eigenvalue weighted by Crippen LogP contribution is 2.32. The number of carbonyl (C=O) groups is 3. The third-order valence-corrected chi connectivity index (χ3v) is 6.79. The van der Waals surface area contributed by atoms with E-state index in [4.69, 9.17) is 0 Å². The Kier molecular flexibility index (Phi) is 6.68. The van der Waals surface area contributed by atoms with E-state index in [-0.39, 0.29) is 35.7 Å². The van der Waals surface area contributed by atoms with Gasteiger partial charge in [-0.25, -0.2) is 0 Å². The molecule has 1 atom stereocenters. The number of carbonyl (C=O) groups excluding carboxylic acids is 3. The fourth-order valence-electron chi connectivity index (χ4n) is 4.84. The van der Waals surface area contributed by atoms with Crippen molar-refractivity contribution in [2.75, 3.05) is 20.1 Å². The van der Waals surface area contributed by atoms with E-state index in [1.807, 2.05) is 35.2 Å². The van der Waals surface area contributed by atoms with Gasteiger partial charge in [0.25, 0.3) is 17.7 Å². The van der Waals surface area contributed by atoms with E-state index < -0.39 is 5.91 Å². The Hall–Kier alpha value is -4.53. The van der Waals surface area contributed by atoms with Gasteiger partial charge in [-0.15, -0.1) is 0 Å². The maximum Gasteiger partial charge on any atom is 0.277 e. The normalized spacial score (nSPS) is 16.1. The number of amides is 3. The van der Waals surface area contributed by atoms with Crippen LogP contribution in [0.4, 0.5) is 0 Å². The fourth-order valence-corrected chi connectivity index (χ4v) is 4.84. The number of hydrogen-bond donors (Lipinski definition) is 2. The summed E-state index contributed by atoms with van der Waals surface area (Å²) in [5, 5.41) is 13.0. The lowest BCUT2D eigenvalue weighted by Crippen LogP contribution is -2.48. The molecule has 2 aliphatic rings. The number of pyridine rings is 2. The predicted molar refractivity (Wildman–Crippen MR) is 136 cm³/mol. The Morgan fingerprint density at radius 1 is 1.05 bits per heavy atom. The minimum atomic E-state index is -0.418. The lowest BCUT2D eigenvalue weighted by Gasteiger charge is -2.36. The topological polar surface area (TPSA) is 116 Å². The zero-order chi connectivity index (χ0) is 25.9. The van der Waals surface area contributed by atoms with Crippen LogP contribution in [0.2, 0.25) is 0 Å². The monoisotopic (exact) mass is 497 g/mol. The molecule has 0 radical (unpaired) electrons. The summed E-state index contributed by atoms with van der Waals surface area (Å²) in [5.41, 5.74) is 3.58. The molecule has 37 heavy (non-hydrogen) atoms. The Labute approximate surface area is 214 Å². The van der Waals surface area contributed by atoms with Crippen LogP contribution in [0.5, 0.6) is 5.75 Å². The summed E-state index contributed by atoms with van der Waals surface area (Å²) >= 11 is 0. The number of imide groups is 1. The van der Waals surface area contributed by atoms with E-state index in [2.05, 4.69) is 15.3 Å². The van der Waals surface area contributed by atoms with Gasteiger partial charge in [-0.1, -0.05) is 18.2 Å². The summed E-state index contributed by atoms with van der Waals surface area (Å²) < 4.78 is 0. The largest absolute Gasteiger partial charge is 0.507 e. The molecular formula is C28H27N5O4. The van der Waals surface area contributed by atoms with Crippen molar-refractivity contribution in [3.05, 3.63) is 89.5 Å². The number of benzene rings is 1. The average molecular weight is 498 g/mol. The number of hydrogen-bond acceptors (Lipinski definition) is 7. The summed E-state index contributed by atoms with van der Waals surface area (Å²) in [4.78, 5) is 50.5. The molecule has 188 valence electrons. The van der Waals surface area contributed by atoms with Gasteiger partial charge in [0.15, 0.2) is 0 Å². The first-order valence-electron chi connectivity index (χ1n) is 12.2. The Bertz CT molecular complexity index is 1370. The molecule has 1 aromatic carbocycles. The Balaban J connectivity index is 1.41. The maximum atomic E-state index is 13.0. The van der Waals surface area contributed by atoms with Gasteiger partial charge in [0.05, 0.1) is 17.3 Å². The smallest absolute Gasteiger partial charge is 0.277 e. The molecular weight excluding hydrogens is 470 g/mol. The van der Waals surface area contributed by atoms with Crippen LogP contribution in [0.3, 0.4) is 0 Å². The number of phenols is 1. The van der Waals surface area contributed by atoms with E-state index >= 15 is 0 Å². The summed E-state index contributed by atoms with van der Waals surface area (Å²) in [5.74, 6) is -1.11. The second kappa shape index (κ2) is 10.2. The number of phenolic OH excluding ortho intramolecular Hbond substituents is 1. The molecule has 0 bridgehead atoms. The first kappa shape index (κ1) is 24.2.